The van der Waals surface area contributed by atoms with Crippen molar-refractivity contribution < 1.29 is 14.4 Å². The maximum atomic E-state index is 12.6. The van der Waals surface area contributed by atoms with Gasteiger partial charge < -0.3 is 14.5 Å². The van der Waals surface area contributed by atoms with Crippen LogP contribution in [0.25, 0.3) is 0 Å². The maximum Gasteiger partial charge on any atom is 0.227 e. The third-order valence-electron chi connectivity index (χ3n) is 4.34. The molecule has 0 unspecified atom stereocenters. The summed E-state index contributed by atoms with van der Waals surface area (Å²) in [5.74, 6) is 0.744. The number of aliphatic hydroxyl groups excluding tert-OH is 1. The molecular formula is C15H20N4O3. The number of amides is 1. The van der Waals surface area contributed by atoms with Crippen LogP contribution in [0.15, 0.2) is 4.52 Å². The third-order valence-corrected chi connectivity index (χ3v) is 4.34. The molecule has 3 heterocycles. The zero-order valence-electron chi connectivity index (χ0n) is 13.1. The summed E-state index contributed by atoms with van der Waals surface area (Å²) in [4.78, 5) is 14.4. The minimum Gasteiger partial charge on any atom is -0.390 e. The first-order valence-electron chi connectivity index (χ1n) is 7.35. The SMILES string of the molecule is Cc1noc(C)c1CC(=O)N1CCc2c(c(CO)nn2C)C1. The van der Waals surface area contributed by atoms with Crippen molar-refractivity contribution in [2.24, 2.45) is 7.05 Å². The molecule has 0 fully saturated rings. The highest BCUT2D eigenvalue weighted by Crippen LogP contribution is 2.23. The molecule has 22 heavy (non-hydrogen) atoms. The molecule has 7 nitrogen and oxygen atoms in total. The number of hydrogen-bond donors (Lipinski definition) is 1. The smallest absolute Gasteiger partial charge is 0.227 e. The Morgan fingerprint density at radius 1 is 1.41 bits per heavy atom. The summed E-state index contributed by atoms with van der Waals surface area (Å²) in [7, 11) is 1.87. The van der Waals surface area contributed by atoms with E-state index >= 15 is 0 Å². The van der Waals surface area contributed by atoms with E-state index in [1.165, 1.54) is 0 Å². The van der Waals surface area contributed by atoms with Crippen molar-refractivity contribution in [3.8, 4) is 0 Å². The van der Waals surface area contributed by atoms with Crippen molar-refractivity contribution in [2.75, 3.05) is 6.54 Å². The molecule has 118 valence electrons. The lowest BCUT2D eigenvalue weighted by molar-refractivity contribution is -0.131. The van der Waals surface area contributed by atoms with Crippen molar-refractivity contribution in [1.82, 2.24) is 19.8 Å². The fraction of sp³-hybridized carbons (Fsp3) is 0.533. The topological polar surface area (TPSA) is 84.4 Å². The standard InChI is InChI=1S/C15H20N4O3/c1-9-11(10(2)22-17-9)6-15(21)19-5-4-14-12(7-19)13(8-20)16-18(14)3/h20H,4-8H2,1-3H3. The van der Waals surface area contributed by atoms with Crippen LogP contribution in [0.3, 0.4) is 0 Å². The average Bonchev–Trinajstić information content (AvgIpc) is 3.00. The van der Waals surface area contributed by atoms with Gasteiger partial charge in [0.2, 0.25) is 5.91 Å². The Labute approximate surface area is 128 Å². The molecule has 2 aromatic rings. The van der Waals surface area contributed by atoms with Crippen molar-refractivity contribution >= 4 is 5.91 Å². The molecule has 0 saturated carbocycles. The summed E-state index contributed by atoms with van der Waals surface area (Å²) in [5.41, 5.74) is 4.37. The summed E-state index contributed by atoms with van der Waals surface area (Å²) in [6, 6.07) is 0. The van der Waals surface area contributed by atoms with E-state index in [1.807, 2.05) is 25.8 Å². The van der Waals surface area contributed by atoms with Crippen LogP contribution in [0.4, 0.5) is 0 Å². The first kappa shape index (κ1) is 14.8. The molecule has 0 atom stereocenters. The molecule has 1 aliphatic rings. The number of rotatable bonds is 3. The van der Waals surface area contributed by atoms with Crippen LogP contribution < -0.4 is 0 Å². The zero-order valence-corrected chi connectivity index (χ0v) is 13.1. The molecule has 0 bridgehead atoms. The molecule has 2 aromatic heterocycles. The van der Waals surface area contributed by atoms with Crippen LogP contribution in [0.2, 0.25) is 0 Å². The monoisotopic (exact) mass is 304 g/mol. The number of aliphatic hydroxyl groups is 1. The van der Waals surface area contributed by atoms with Gasteiger partial charge in [-0.2, -0.15) is 5.10 Å². The minimum atomic E-state index is -0.102. The summed E-state index contributed by atoms with van der Waals surface area (Å²) < 4.78 is 6.92. The van der Waals surface area contributed by atoms with Crippen molar-refractivity contribution in [3.05, 3.63) is 34.0 Å². The quantitative estimate of drug-likeness (QED) is 0.900. The number of aryl methyl sites for hydroxylation is 3. The Kier molecular flexibility index (Phi) is 3.74. The highest BCUT2D eigenvalue weighted by molar-refractivity contribution is 5.79. The fourth-order valence-corrected chi connectivity index (χ4v) is 3.03. The van der Waals surface area contributed by atoms with Crippen LogP contribution in [-0.2, 0) is 37.8 Å². The van der Waals surface area contributed by atoms with Gasteiger partial charge in [-0.25, -0.2) is 0 Å². The Morgan fingerprint density at radius 2 is 2.18 bits per heavy atom. The Bertz CT molecular complexity index is 697. The molecule has 0 radical (unpaired) electrons. The van der Waals surface area contributed by atoms with Gasteiger partial charge in [-0.3, -0.25) is 9.48 Å². The number of hydrogen-bond acceptors (Lipinski definition) is 5. The second-order valence-electron chi connectivity index (χ2n) is 5.70. The minimum absolute atomic E-state index is 0.0489. The molecular weight excluding hydrogens is 284 g/mol. The highest BCUT2D eigenvalue weighted by Gasteiger charge is 2.27. The van der Waals surface area contributed by atoms with Crippen LogP contribution in [0, 0.1) is 13.8 Å². The van der Waals surface area contributed by atoms with E-state index in [0.29, 0.717) is 31.0 Å². The Morgan fingerprint density at radius 3 is 2.82 bits per heavy atom. The first-order chi connectivity index (χ1) is 10.5. The predicted octanol–water partition coefficient (Wildman–Crippen LogP) is 0.645. The second kappa shape index (κ2) is 5.57. The predicted molar refractivity (Wildman–Crippen MR) is 77.9 cm³/mol. The van der Waals surface area contributed by atoms with E-state index in [-0.39, 0.29) is 12.5 Å². The molecule has 1 N–H and O–H groups in total. The number of nitrogens with zero attached hydrogens (tertiary/aromatic N) is 4. The van der Waals surface area contributed by atoms with Crippen LogP contribution in [0.1, 0.15) is 34.0 Å². The molecule has 7 heteroatoms. The maximum absolute atomic E-state index is 12.6. The lowest BCUT2D eigenvalue weighted by Crippen LogP contribution is -2.37. The lowest BCUT2D eigenvalue weighted by Gasteiger charge is -2.27. The number of fused-ring (bicyclic) bond motifs is 1. The fourth-order valence-electron chi connectivity index (χ4n) is 3.03. The van der Waals surface area contributed by atoms with Crippen molar-refractivity contribution in [3.63, 3.8) is 0 Å². The average molecular weight is 304 g/mol. The Hall–Kier alpha value is -2.15. The molecule has 3 rings (SSSR count). The van der Waals surface area contributed by atoms with E-state index < -0.39 is 0 Å². The van der Waals surface area contributed by atoms with Gasteiger partial charge in [0.1, 0.15) is 5.76 Å². The largest absolute Gasteiger partial charge is 0.390 e. The van der Waals surface area contributed by atoms with Gasteiger partial charge in [-0.15, -0.1) is 0 Å². The van der Waals surface area contributed by atoms with Gasteiger partial charge in [0.05, 0.1) is 24.4 Å². The van der Waals surface area contributed by atoms with E-state index in [1.54, 1.807) is 4.68 Å². The number of aromatic nitrogens is 3. The molecule has 0 saturated heterocycles. The second-order valence-corrected chi connectivity index (χ2v) is 5.70. The van der Waals surface area contributed by atoms with Gasteiger partial charge >= 0.3 is 0 Å². The Balaban J connectivity index is 1.78. The molecule has 0 aliphatic carbocycles. The van der Waals surface area contributed by atoms with E-state index in [0.717, 1.165) is 28.9 Å². The van der Waals surface area contributed by atoms with Gasteiger partial charge in [0.25, 0.3) is 0 Å². The summed E-state index contributed by atoms with van der Waals surface area (Å²) in [5, 5.41) is 17.6. The summed E-state index contributed by atoms with van der Waals surface area (Å²) >= 11 is 0. The van der Waals surface area contributed by atoms with E-state index in [9.17, 15) is 9.90 Å². The summed E-state index contributed by atoms with van der Waals surface area (Å²) in [6.07, 6.45) is 1.05. The number of carbonyl (C=O) groups excluding carboxylic acids is 1. The van der Waals surface area contributed by atoms with Crippen molar-refractivity contribution in [1.29, 1.82) is 0 Å². The van der Waals surface area contributed by atoms with Gasteiger partial charge in [-0.1, -0.05) is 5.16 Å². The normalized spacial score (nSPS) is 14.3. The van der Waals surface area contributed by atoms with Crippen molar-refractivity contribution in [2.45, 2.75) is 39.8 Å². The molecule has 1 amide bonds. The van der Waals surface area contributed by atoms with Crippen LogP contribution >= 0.6 is 0 Å². The van der Waals surface area contributed by atoms with Gasteiger partial charge in [-0.05, 0) is 13.8 Å². The van der Waals surface area contributed by atoms with Crippen LogP contribution in [-0.4, -0.2) is 37.4 Å². The van der Waals surface area contributed by atoms with E-state index in [2.05, 4.69) is 10.3 Å². The summed E-state index contributed by atoms with van der Waals surface area (Å²) in [6.45, 7) is 4.73. The third kappa shape index (κ3) is 2.41. The zero-order chi connectivity index (χ0) is 15.9. The highest BCUT2D eigenvalue weighted by atomic mass is 16.5. The van der Waals surface area contributed by atoms with Gasteiger partial charge in [0.15, 0.2) is 0 Å². The molecule has 1 aliphatic heterocycles. The molecule has 0 aromatic carbocycles. The van der Waals surface area contributed by atoms with E-state index in [4.69, 9.17) is 4.52 Å². The lowest BCUT2D eigenvalue weighted by atomic mass is 10.0. The van der Waals surface area contributed by atoms with Gasteiger partial charge in [0, 0.05) is 43.4 Å². The van der Waals surface area contributed by atoms with Crippen LogP contribution in [0.5, 0.6) is 0 Å². The molecule has 0 spiro atoms. The number of carbonyl (C=O) groups is 1. The first-order valence-corrected chi connectivity index (χ1v) is 7.35.